The number of carboxylic acids is 1. The van der Waals surface area contributed by atoms with Crippen molar-refractivity contribution in [1.82, 2.24) is 0 Å². The van der Waals surface area contributed by atoms with Crippen LogP contribution in [-0.4, -0.2) is 23.7 Å². The Morgan fingerprint density at radius 1 is 1.50 bits per heavy atom. The molecule has 0 aliphatic heterocycles. The SMILES string of the molecule is CCOC(=O)C[C@@]1(C(=O)O)C[C@@H]2C=C[C@H]1C2. The summed E-state index contributed by atoms with van der Waals surface area (Å²) in [7, 11) is 0. The molecular weight excluding hydrogens is 208 g/mol. The Balaban J connectivity index is 2.15. The lowest BCUT2D eigenvalue weighted by atomic mass is 9.73. The first-order valence-electron chi connectivity index (χ1n) is 5.66. The van der Waals surface area contributed by atoms with E-state index >= 15 is 0 Å². The largest absolute Gasteiger partial charge is 0.481 e. The zero-order chi connectivity index (χ0) is 11.8. The molecule has 0 heterocycles. The number of hydrogen-bond acceptors (Lipinski definition) is 3. The molecule has 16 heavy (non-hydrogen) atoms. The van der Waals surface area contributed by atoms with Crippen LogP contribution in [0.25, 0.3) is 0 Å². The van der Waals surface area contributed by atoms with Gasteiger partial charge in [-0.2, -0.15) is 0 Å². The second-order valence-corrected chi connectivity index (χ2v) is 4.63. The maximum Gasteiger partial charge on any atom is 0.310 e. The highest BCUT2D eigenvalue weighted by atomic mass is 16.5. The maximum absolute atomic E-state index is 11.5. The lowest BCUT2D eigenvalue weighted by Gasteiger charge is -2.29. The van der Waals surface area contributed by atoms with Gasteiger partial charge in [-0.05, 0) is 31.6 Å². The van der Waals surface area contributed by atoms with Gasteiger partial charge in [0.1, 0.15) is 0 Å². The normalized spacial score (nSPS) is 35.3. The van der Waals surface area contributed by atoms with Gasteiger partial charge in [0.15, 0.2) is 0 Å². The van der Waals surface area contributed by atoms with Crippen molar-refractivity contribution in [3.05, 3.63) is 12.2 Å². The van der Waals surface area contributed by atoms with Crippen LogP contribution in [0.2, 0.25) is 0 Å². The molecule has 0 aromatic rings. The number of allylic oxidation sites excluding steroid dienone is 2. The van der Waals surface area contributed by atoms with Crippen LogP contribution in [0.3, 0.4) is 0 Å². The van der Waals surface area contributed by atoms with Crippen LogP contribution in [0.4, 0.5) is 0 Å². The minimum atomic E-state index is -0.911. The fourth-order valence-corrected chi connectivity index (χ4v) is 2.95. The molecule has 0 aromatic heterocycles. The zero-order valence-corrected chi connectivity index (χ0v) is 9.31. The van der Waals surface area contributed by atoms with Gasteiger partial charge in [0.2, 0.25) is 0 Å². The Kier molecular flexibility index (Phi) is 2.74. The molecule has 3 atom stereocenters. The van der Waals surface area contributed by atoms with Crippen LogP contribution in [0.5, 0.6) is 0 Å². The summed E-state index contributed by atoms with van der Waals surface area (Å²) in [6.07, 6.45) is 5.45. The molecule has 0 amide bonds. The van der Waals surface area contributed by atoms with Crippen LogP contribution in [0.15, 0.2) is 12.2 Å². The van der Waals surface area contributed by atoms with Gasteiger partial charge in [-0.15, -0.1) is 0 Å². The van der Waals surface area contributed by atoms with E-state index in [0.29, 0.717) is 18.9 Å². The van der Waals surface area contributed by atoms with Crippen LogP contribution in [0, 0.1) is 17.3 Å². The predicted octanol–water partition coefficient (Wildman–Crippen LogP) is 1.61. The van der Waals surface area contributed by atoms with E-state index in [1.54, 1.807) is 6.92 Å². The van der Waals surface area contributed by atoms with E-state index in [0.717, 1.165) is 6.42 Å². The van der Waals surface area contributed by atoms with Gasteiger partial charge < -0.3 is 9.84 Å². The first kappa shape index (κ1) is 11.2. The summed E-state index contributed by atoms with van der Waals surface area (Å²) in [5.41, 5.74) is -0.911. The number of hydrogen-bond donors (Lipinski definition) is 1. The summed E-state index contributed by atoms with van der Waals surface area (Å²) < 4.78 is 4.86. The molecule has 2 aliphatic rings. The summed E-state index contributed by atoms with van der Waals surface area (Å²) in [6, 6.07) is 0. The van der Waals surface area contributed by atoms with E-state index in [1.165, 1.54) is 0 Å². The Bertz CT molecular complexity index is 347. The van der Waals surface area contributed by atoms with Crippen molar-refractivity contribution in [3.63, 3.8) is 0 Å². The maximum atomic E-state index is 11.5. The van der Waals surface area contributed by atoms with Crippen molar-refractivity contribution in [2.45, 2.75) is 26.2 Å². The molecular formula is C12H16O4. The average Bonchev–Trinajstić information content (AvgIpc) is 2.77. The molecule has 1 saturated carbocycles. The minimum Gasteiger partial charge on any atom is -0.481 e. The molecule has 1 N–H and O–H groups in total. The van der Waals surface area contributed by atoms with Gasteiger partial charge in [0, 0.05) is 0 Å². The third-order valence-corrected chi connectivity index (χ3v) is 3.70. The molecule has 2 aliphatic carbocycles. The fraction of sp³-hybridized carbons (Fsp3) is 0.667. The summed E-state index contributed by atoms with van der Waals surface area (Å²) in [6.45, 7) is 2.03. The molecule has 0 spiro atoms. The standard InChI is InChI=1S/C12H16O4/c1-2-16-10(13)7-12(11(14)15)6-8-3-4-9(12)5-8/h3-4,8-9H,2,5-7H2,1H3,(H,14,15)/t8-,9+,12+/m1/s1. The van der Waals surface area contributed by atoms with Crippen molar-refractivity contribution in [2.75, 3.05) is 6.61 Å². The van der Waals surface area contributed by atoms with Crippen molar-refractivity contribution in [2.24, 2.45) is 17.3 Å². The second-order valence-electron chi connectivity index (χ2n) is 4.63. The number of fused-ring (bicyclic) bond motifs is 2. The first-order chi connectivity index (χ1) is 7.58. The van der Waals surface area contributed by atoms with Crippen LogP contribution >= 0.6 is 0 Å². The fourth-order valence-electron chi connectivity index (χ4n) is 2.95. The monoisotopic (exact) mass is 224 g/mol. The van der Waals surface area contributed by atoms with E-state index < -0.39 is 17.4 Å². The summed E-state index contributed by atoms with van der Waals surface area (Å²) in [4.78, 5) is 22.9. The number of esters is 1. The number of carbonyl (C=O) groups excluding carboxylic acids is 1. The van der Waals surface area contributed by atoms with E-state index in [4.69, 9.17) is 4.74 Å². The molecule has 2 rings (SSSR count). The molecule has 0 aromatic carbocycles. The van der Waals surface area contributed by atoms with Gasteiger partial charge in [0.05, 0.1) is 18.4 Å². The number of carboxylic acid groups (broad SMARTS) is 1. The van der Waals surface area contributed by atoms with Crippen molar-refractivity contribution < 1.29 is 19.4 Å². The van der Waals surface area contributed by atoms with Crippen molar-refractivity contribution >= 4 is 11.9 Å². The van der Waals surface area contributed by atoms with E-state index in [1.807, 2.05) is 6.08 Å². The molecule has 0 unspecified atom stereocenters. The predicted molar refractivity (Wildman–Crippen MR) is 56.7 cm³/mol. The van der Waals surface area contributed by atoms with E-state index in [2.05, 4.69) is 6.08 Å². The zero-order valence-electron chi connectivity index (χ0n) is 9.31. The van der Waals surface area contributed by atoms with Gasteiger partial charge in [-0.3, -0.25) is 9.59 Å². The number of carbonyl (C=O) groups is 2. The third kappa shape index (κ3) is 1.62. The Morgan fingerprint density at radius 2 is 2.25 bits per heavy atom. The first-order valence-corrected chi connectivity index (χ1v) is 5.66. The van der Waals surface area contributed by atoms with Gasteiger partial charge in [-0.1, -0.05) is 12.2 Å². The Labute approximate surface area is 94.3 Å². The molecule has 2 bridgehead atoms. The molecule has 0 saturated heterocycles. The highest BCUT2D eigenvalue weighted by Crippen LogP contribution is 2.54. The molecule has 88 valence electrons. The summed E-state index contributed by atoms with van der Waals surface area (Å²) in [5.74, 6) is -0.932. The Hall–Kier alpha value is -1.32. The van der Waals surface area contributed by atoms with Gasteiger partial charge >= 0.3 is 11.9 Å². The molecule has 4 nitrogen and oxygen atoms in total. The van der Waals surface area contributed by atoms with Crippen LogP contribution < -0.4 is 0 Å². The topological polar surface area (TPSA) is 63.6 Å². The van der Waals surface area contributed by atoms with E-state index in [-0.39, 0.29) is 12.3 Å². The minimum absolute atomic E-state index is 0.000550. The summed E-state index contributed by atoms with van der Waals surface area (Å²) in [5, 5.41) is 9.36. The quantitative estimate of drug-likeness (QED) is 0.582. The number of ether oxygens (including phenoxy) is 1. The Morgan fingerprint density at radius 3 is 2.69 bits per heavy atom. The van der Waals surface area contributed by atoms with Gasteiger partial charge in [0.25, 0.3) is 0 Å². The van der Waals surface area contributed by atoms with E-state index in [9.17, 15) is 14.7 Å². The third-order valence-electron chi connectivity index (χ3n) is 3.70. The lowest BCUT2D eigenvalue weighted by Crippen LogP contribution is -2.37. The smallest absolute Gasteiger partial charge is 0.310 e. The highest BCUT2D eigenvalue weighted by Gasteiger charge is 2.54. The molecule has 4 heteroatoms. The van der Waals surface area contributed by atoms with Gasteiger partial charge in [-0.25, -0.2) is 0 Å². The van der Waals surface area contributed by atoms with Crippen molar-refractivity contribution in [3.8, 4) is 0 Å². The lowest BCUT2D eigenvalue weighted by molar-refractivity contribution is -0.159. The number of rotatable bonds is 4. The average molecular weight is 224 g/mol. The second kappa shape index (κ2) is 3.92. The van der Waals surface area contributed by atoms with Crippen molar-refractivity contribution in [1.29, 1.82) is 0 Å². The summed E-state index contributed by atoms with van der Waals surface area (Å²) >= 11 is 0. The number of aliphatic carboxylic acids is 1. The molecule has 0 radical (unpaired) electrons. The van der Waals surface area contributed by atoms with Crippen LogP contribution in [-0.2, 0) is 14.3 Å². The molecule has 1 fully saturated rings. The highest BCUT2D eigenvalue weighted by molar-refractivity contribution is 5.83. The van der Waals surface area contributed by atoms with Crippen LogP contribution in [0.1, 0.15) is 26.2 Å².